The molecule has 2 aromatic carbocycles. The molecule has 6 nitrogen and oxygen atoms in total. The molecule has 0 saturated carbocycles. The van der Waals surface area contributed by atoms with E-state index >= 15 is 0 Å². The van der Waals surface area contributed by atoms with Crippen LogP contribution in [-0.2, 0) is 9.59 Å². The number of carbonyl (C=O) groups excluding carboxylic acids is 3. The van der Waals surface area contributed by atoms with Crippen LogP contribution in [0.15, 0.2) is 48.5 Å². The van der Waals surface area contributed by atoms with Crippen LogP contribution in [0.4, 0.5) is 11.4 Å². The number of nitrogens with one attached hydrogen (secondary N) is 2. The van der Waals surface area contributed by atoms with E-state index in [1.54, 1.807) is 29.2 Å². The maximum Gasteiger partial charge on any atom is 0.253 e. The van der Waals surface area contributed by atoms with Gasteiger partial charge in [0.25, 0.3) is 5.91 Å². The third-order valence-electron chi connectivity index (χ3n) is 5.15. The van der Waals surface area contributed by atoms with Crippen molar-refractivity contribution in [2.45, 2.75) is 33.1 Å². The van der Waals surface area contributed by atoms with Crippen molar-refractivity contribution in [3.8, 4) is 0 Å². The number of nitrogens with zero attached hydrogens (tertiary/aromatic N) is 1. The number of para-hydroxylation sites is 2. The van der Waals surface area contributed by atoms with Gasteiger partial charge in [-0.05, 0) is 37.1 Å². The third-order valence-corrected chi connectivity index (χ3v) is 5.15. The van der Waals surface area contributed by atoms with E-state index in [4.69, 9.17) is 0 Å². The summed E-state index contributed by atoms with van der Waals surface area (Å²) in [5.41, 5.74) is 2.73. The van der Waals surface area contributed by atoms with Gasteiger partial charge in [0, 0.05) is 25.2 Å². The standard InChI is InChI=1S/C23H27N3O3/c1-3-4-13-24-23(29)18-10-6-7-11-19(18)25-22(28)17-14-21(27)26(15-17)20-12-8-5-9-16(20)2/h5-12,17H,3-4,13-15H2,1-2H3,(H,24,29)(H,25,28)/t17-/m1/s1. The summed E-state index contributed by atoms with van der Waals surface area (Å²) in [5.74, 6) is -0.981. The Bertz CT molecular complexity index is 910. The zero-order chi connectivity index (χ0) is 20.8. The summed E-state index contributed by atoms with van der Waals surface area (Å²) >= 11 is 0. The second-order valence-corrected chi connectivity index (χ2v) is 7.34. The average Bonchev–Trinajstić information content (AvgIpc) is 3.10. The lowest BCUT2D eigenvalue weighted by Gasteiger charge is -2.19. The monoisotopic (exact) mass is 393 g/mol. The van der Waals surface area contributed by atoms with Crippen molar-refractivity contribution in [2.24, 2.45) is 5.92 Å². The smallest absolute Gasteiger partial charge is 0.253 e. The molecule has 0 unspecified atom stereocenters. The molecule has 1 aliphatic rings. The molecular formula is C23H27N3O3. The van der Waals surface area contributed by atoms with Crippen molar-refractivity contribution in [3.63, 3.8) is 0 Å². The lowest BCUT2D eigenvalue weighted by Crippen LogP contribution is -2.30. The Hall–Kier alpha value is -3.15. The van der Waals surface area contributed by atoms with Crippen LogP contribution in [0.2, 0.25) is 0 Å². The molecule has 0 radical (unpaired) electrons. The molecule has 1 atom stereocenters. The highest BCUT2D eigenvalue weighted by Crippen LogP contribution is 2.28. The SMILES string of the molecule is CCCCNC(=O)c1ccccc1NC(=O)[C@@H]1CC(=O)N(c2ccccc2C)C1. The molecule has 6 heteroatoms. The van der Waals surface area contributed by atoms with Gasteiger partial charge in [-0.3, -0.25) is 14.4 Å². The minimum atomic E-state index is -0.460. The van der Waals surface area contributed by atoms with Crippen molar-refractivity contribution in [1.29, 1.82) is 0 Å². The molecule has 2 aromatic rings. The molecule has 152 valence electrons. The number of hydrogen-bond donors (Lipinski definition) is 2. The summed E-state index contributed by atoms with van der Waals surface area (Å²) in [6.45, 7) is 4.94. The van der Waals surface area contributed by atoms with Crippen LogP contribution >= 0.6 is 0 Å². The first-order chi connectivity index (χ1) is 14.0. The molecule has 3 amide bonds. The molecule has 1 heterocycles. The lowest BCUT2D eigenvalue weighted by atomic mass is 10.1. The van der Waals surface area contributed by atoms with Crippen LogP contribution in [0, 0.1) is 12.8 Å². The first kappa shape index (κ1) is 20.6. The number of aryl methyl sites for hydroxylation is 1. The summed E-state index contributed by atoms with van der Waals surface area (Å²) in [5, 5.41) is 5.72. The minimum Gasteiger partial charge on any atom is -0.352 e. The molecule has 3 rings (SSSR count). The molecule has 0 bridgehead atoms. The van der Waals surface area contributed by atoms with Crippen LogP contribution in [0.1, 0.15) is 42.1 Å². The Morgan fingerprint density at radius 2 is 1.83 bits per heavy atom. The van der Waals surface area contributed by atoms with Crippen molar-refractivity contribution in [1.82, 2.24) is 5.32 Å². The third kappa shape index (κ3) is 4.83. The molecular weight excluding hydrogens is 366 g/mol. The van der Waals surface area contributed by atoms with Gasteiger partial charge in [-0.25, -0.2) is 0 Å². The molecule has 1 saturated heterocycles. The van der Waals surface area contributed by atoms with Crippen LogP contribution in [0.3, 0.4) is 0 Å². The Kier molecular flexibility index (Phi) is 6.65. The minimum absolute atomic E-state index is 0.0648. The van der Waals surface area contributed by atoms with Gasteiger partial charge < -0.3 is 15.5 Å². The van der Waals surface area contributed by atoms with E-state index in [1.807, 2.05) is 31.2 Å². The van der Waals surface area contributed by atoms with E-state index in [2.05, 4.69) is 17.6 Å². The first-order valence-electron chi connectivity index (χ1n) is 10.0. The zero-order valence-electron chi connectivity index (χ0n) is 16.9. The largest absolute Gasteiger partial charge is 0.352 e. The second kappa shape index (κ2) is 9.37. The maximum atomic E-state index is 12.8. The van der Waals surface area contributed by atoms with Gasteiger partial charge in [-0.2, -0.15) is 0 Å². The fourth-order valence-electron chi connectivity index (χ4n) is 3.48. The summed E-state index contributed by atoms with van der Waals surface area (Å²) in [7, 11) is 0. The van der Waals surface area contributed by atoms with Gasteiger partial charge in [0.05, 0.1) is 17.2 Å². The van der Waals surface area contributed by atoms with Gasteiger partial charge in [0.2, 0.25) is 11.8 Å². The zero-order valence-corrected chi connectivity index (χ0v) is 16.9. The number of unbranched alkanes of at least 4 members (excludes halogenated alkanes) is 1. The summed E-state index contributed by atoms with van der Waals surface area (Å²) in [6.07, 6.45) is 2.05. The highest BCUT2D eigenvalue weighted by molar-refractivity contribution is 6.07. The molecule has 29 heavy (non-hydrogen) atoms. The number of anilines is 2. The number of carbonyl (C=O) groups is 3. The topological polar surface area (TPSA) is 78.5 Å². The normalized spacial score (nSPS) is 16.0. The lowest BCUT2D eigenvalue weighted by molar-refractivity contribution is -0.122. The maximum absolute atomic E-state index is 12.8. The van der Waals surface area contributed by atoms with Crippen molar-refractivity contribution in [3.05, 3.63) is 59.7 Å². The Morgan fingerprint density at radius 3 is 2.59 bits per heavy atom. The average molecular weight is 393 g/mol. The van der Waals surface area contributed by atoms with Gasteiger partial charge in [0.15, 0.2) is 0 Å². The van der Waals surface area contributed by atoms with Gasteiger partial charge in [-0.15, -0.1) is 0 Å². The molecule has 0 aliphatic carbocycles. The van der Waals surface area contributed by atoms with Crippen molar-refractivity contribution in [2.75, 3.05) is 23.3 Å². The summed E-state index contributed by atoms with van der Waals surface area (Å²) in [6, 6.07) is 14.6. The fourth-order valence-corrected chi connectivity index (χ4v) is 3.48. The summed E-state index contributed by atoms with van der Waals surface area (Å²) in [4.78, 5) is 39.4. The molecule has 2 N–H and O–H groups in total. The molecule has 1 aliphatic heterocycles. The number of rotatable bonds is 7. The molecule has 0 aromatic heterocycles. The summed E-state index contributed by atoms with van der Waals surface area (Å²) < 4.78 is 0. The predicted octanol–water partition coefficient (Wildman–Crippen LogP) is 3.52. The Morgan fingerprint density at radius 1 is 1.10 bits per heavy atom. The van der Waals surface area contributed by atoms with E-state index in [1.165, 1.54) is 0 Å². The number of amides is 3. The molecule has 0 spiro atoms. The predicted molar refractivity (Wildman–Crippen MR) is 114 cm³/mol. The Labute approximate surface area is 171 Å². The first-order valence-corrected chi connectivity index (χ1v) is 10.0. The quantitative estimate of drug-likeness (QED) is 0.707. The van der Waals surface area contributed by atoms with Crippen LogP contribution in [-0.4, -0.2) is 30.8 Å². The van der Waals surface area contributed by atoms with Crippen molar-refractivity contribution >= 4 is 29.1 Å². The van der Waals surface area contributed by atoms with Gasteiger partial charge >= 0.3 is 0 Å². The number of hydrogen-bond acceptors (Lipinski definition) is 3. The van der Waals surface area contributed by atoms with Crippen LogP contribution in [0.5, 0.6) is 0 Å². The van der Waals surface area contributed by atoms with E-state index in [0.29, 0.717) is 24.3 Å². The highest BCUT2D eigenvalue weighted by Gasteiger charge is 2.35. The highest BCUT2D eigenvalue weighted by atomic mass is 16.2. The van der Waals surface area contributed by atoms with Crippen LogP contribution < -0.4 is 15.5 Å². The van der Waals surface area contributed by atoms with E-state index < -0.39 is 5.92 Å². The number of benzene rings is 2. The van der Waals surface area contributed by atoms with Gasteiger partial charge in [0.1, 0.15) is 0 Å². The van der Waals surface area contributed by atoms with E-state index in [9.17, 15) is 14.4 Å². The van der Waals surface area contributed by atoms with E-state index in [-0.39, 0.29) is 24.1 Å². The fraction of sp³-hybridized carbons (Fsp3) is 0.348. The molecule has 1 fully saturated rings. The Balaban J connectivity index is 1.69. The van der Waals surface area contributed by atoms with Crippen LogP contribution in [0.25, 0.3) is 0 Å². The second-order valence-electron chi connectivity index (χ2n) is 7.34. The van der Waals surface area contributed by atoms with Crippen molar-refractivity contribution < 1.29 is 14.4 Å². The van der Waals surface area contributed by atoms with E-state index in [0.717, 1.165) is 24.1 Å². The van der Waals surface area contributed by atoms with Gasteiger partial charge in [-0.1, -0.05) is 43.7 Å².